The van der Waals surface area contributed by atoms with Gasteiger partial charge in [-0.1, -0.05) is 0 Å². The highest BCUT2D eigenvalue weighted by molar-refractivity contribution is 6.03. The zero-order valence-electron chi connectivity index (χ0n) is 17.1. The number of hydrogen-bond donors (Lipinski definition) is 2. The van der Waals surface area contributed by atoms with Crippen molar-refractivity contribution in [1.82, 2.24) is 10.3 Å². The second-order valence-electron chi connectivity index (χ2n) is 6.41. The number of aromatic hydroxyl groups is 1. The predicted molar refractivity (Wildman–Crippen MR) is 104 cm³/mol. The number of aromatic nitrogens is 1. The lowest BCUT2D eigenvalue weighted by atomic mass is 10.1. The number of methoxy groups -OCH3 is 1. The van der Waals surface area contributed by atoms with Gasteiger partial charge in [-0.3, -0.25) is 0 Å². The molecule has 2 N–H and O–H groups in total. The van der Waals surface area contributed by atoms with Crippen LogP contribution in [-0.4, -0.2) is 87.3 Å². The average molecular weight is 411 g/mol. The number of rotatable bonds is 13. The summed E-state index contributed by atoms with van der Waals surface area (Å²) in [5.74, 6) is 0.208. The maximum atomic E-state index is 12.0. The van der Waals surface area contributed by atoms with Crippen molar-refractivity contribution in [2.24, 2.45) is 4.99 Å². The molecule has 1 aliphatic rings. The normalized spacial score (nSPS) is 18.2. The van der Waals surface area contributed by atoms with Crippen LogP contribution in [0.2, 0.25) is 0 Å². The summed E-state index contributed by atoms with van der Waals surface area (Å²) in [6, 6.07) is 1.44. The van der Waals surface area contributed by atoms with E-state index in [4.69, 9.17) is 23.7 Å². The molecule has 0 bridgehead atoms. The van der Waals surface area contributed by atoms with Gasteiger partial charge in [0.05, 0.1) is 52.4 Å². The summed E-state index contributed by atoms with van der Waals surface area (Å²) in [6.45, 7) is 6.67. The van der Waals surface area contributed by atoms with Crippen LogP contribution in [0.15, 0.2) is 17.3 Å². The molecule has 0 saturated heterocycles. The number of pyridine rings is 1. The van der Waals surface area contributed by atoms with Crippen LogP contribution in [0.3, 0.4) is 0 Å². The van der Waals surface area contributed by atoms with Gasteiger partial charge in [0.25, 0.3) is 0 Å². The summed E-state index contributed by atoms with van der Waals surface area (Å²) in [6.07, 6.45) is 1.48. The Morgan fingerprint density at radius 3 is 2.55 bits per heavy atom. The number of aliphatic imine (C=N–C) groups is 1. The van der Waals surface area contributed by atoms with Crippen molar-refractivity contribution in [2.45, 2.75) is 19.4 Å². The summed E-state index contributed by atoms with van der Waals surface area (Å²) in [7, 11) is 1.62. The Bertz CT molecular complexity index is 698. The quantitative estimate of drug-likeness (QED) is 0.353. The first-order valence-corrected chi connectivity index (χ1v) is 9.47. The Morgan fingerprint density at radius 2 is 1.90 bits per heavy atom. The van der Waals surface area contributed by atoms with Crippen molar-refractivity contribution in [2.75, 3.05) is 59.9 Å². The van der Waals surface area contributed by atoms with E-state index < -0.39 is 11.5 Å². The Morgan fingerprint density at radius 1 is 1.21 bits per heavy atom. The molecule has 1 atom stereocenters. The molecule has 0 fully saturated rings. The zero-order valence-corrected chi connectivity index (χ0v) is 17.1. The standard InChI is InChI=1S/C19H29N3O7/c1-4-28-18(24)19(2)13-21-17(22-19)16-15(23)11-14(12-20-16)29-10-9-27-8-7-26-6-5-25-3/h11-12,23H,4-10,13H2,1-3H3,(H,21,22). The minimum absolute atomic E-state index is 0.102. The highest BCUT2D eigenvalue weighted by Gasteiger charge is 2.40. The van der Waals surface area contributed by atoms with E-state index in [-0.39, 0.29) is 24.6 Å². The van der Waals surface area contributed by atoms with Gasteiger partial charge >= 0.3 is 5.97 Å². The van der Waals surface area contributed by atoms with Crippen molar-refractivity contribution < 1.29 is 33.6 Å². The fourth-order valence-electron chi connectivity index (χ4n) is 2.50. The predicted octanol–water partition coefficient (Wildman–Crippen LogP) is 0.517. The molecule has 0 spiro atoms. The minimum atomic E-state index is -1.04. The lowest BCUT2D eigenvalue weighted by molar-refractivity contribution is -0.148. The van der Waals surface area contributed by atoms with Gasteiger partial charge < -0.3 is 34.1 Å². The number of ether oxygens (including phenoxy) is 5. The molecular weight excluding hydrogens is 382 g/mol. The lowest BCUT2D eigenvalue weighted by Crippen LogP contribution is -2.39. The van der Waals surface area contributed by atoms with Crippen LogP contribution >= 0.6 is 0 Å². The second kappa shape index (κ2) is 11.5. The number of carbonyl (C=O) groups is 1. The van der Waals surface area contributed by atoms with Gasteiger partial charge in [0.2, 0.25) is 0 Å². The number of carbonyl (C=O) groups excluding carboxylic acids is 1. The molecule has 0 radical (unpaired) electrons. The molecule has 10 heteroatoms. The minimum Gasteiger partial charge on any atom is -0.505 e. The van der Waals surface area contributed by atoms with Gasteiger partial charge in [0, 0.05) is 13.2 Å². The van der Waals surface area contributed by atoms with E-state index in [1.807, 2.05) is 0 Å². The number of nitrogens with zero attached hydrogens (tertiary/aromatic N) is 2. The Kier molecular flexibility index (Phi) is 9.10. The largest absolute Gasteiger partial charge is 0.505 e. The van der Waals surface area contributed by atoms with E-state index in [2.05, 4.69) is 15.3 Å². The summed E-state index contributed by atoms with van der Waals surface area (Å²) in [5, 5.41) is 13.3. The third kappa shape index (κ3) is 6.84. The van der Waals surface area contributed by atoms with Gasteiger partial charge in [-0.2, -0.15) is 0 Å². The van der Waals surface area contributed by atoms with Gasteiger partial charge in [-0.05, 0) is 13.8 Å². The van der Waals surface area contributed by atoms with E-state index in [1.54, 1.807) is 21.0 Å². The van der Waals surface area contributed by atoms with Gasteiger partial charge in [0.1, 0.15) is 23.8 Å². The summed E-state index contributed by atoms with van der Waals surface area (Å²) >= 11 is 0. The molecule has 1 aromatic heterocycles. The molecule has 1 aliphatic heterocycles. The van der Waals surface area contributed by atoms with Crippen LogP contribution < -0.4 is 10.1 Å². The zero-order chi connectivity index (χ0) is 21.1. The summed E-state index contributed by atoms with van der Waals surface area (Å²) < 4.78 is 26.1. The van der Waals surface area contributed by atoms with E-state index in [0.29, 0.717) is 51.2 Å². The molecule has 0 amide bonds. The van der Waals surface area contributed by atoms with Gasteiger partial charge in [0.15, 0.2) is 11.4 Å². The first-order valence-electron chi connectivity index (χ1n) is 9.47. The summed E-state index contributed by atoms with van der Waals surface area (Å²) in [4.78, 5) is 20.6. The van der Waals surface area contributed by atoms with Crippen LogP contribution in [0.1, 0.15) is 19.5 Å². The van der Waals surface area contributed by atoms with Crippen molar-refractivity contribution in [3.63, 3.8) is 0 Å². The molecule has 0 aliphatic carbocycles. The fraction of sp³-hybridized carbons (Fsp3) is 0.632. The maximum Gasteiger partial charge on any atom is 0.335 e. The van der Waals surface area contributed by atoms with E-state index >= 15 is 0 Å². The molecule has 162 valence electrons. The Labute approximate surface area is 170 Å². The van der Waals surface area contributed by atoms with Crippen molar-refractivity contribution in [3.8, 4) is 11.5 Å². The SMILES string of the molecule is CCOC(=O)C1(C)CNC(c2ncc(OCCOCCOCCOC)cc2O)=N1. The number of amidine groups is 1. The third-order valence-corrected chi connectivity index (χ3v) is 4.04. The molecule has 0 aromatic carbocycles. The van der Waals surface area contributed by atoms with Crippen LogP contribution in [-0.2, 0) is 23.7 Å². The van der Waals surface area contributed by atoms with Crippen LogP contribution in [0.5, 0.6) is 11.5 Å². The third-order valence-electron chi connectivity index (χ3n) is 4.04. The number of nitrogens with one attached hydrogen (secondary N) is 1. The molecule has 2 heterocycles. The first-order chi connectivity index (χ1) is 14.0. The Balaban J connectivity index is 1.79. The smallest absolute Gasteiger partial charge is 0.335 e. The molecule has 10 nitrogen and oxygen atoms in total. The van der Waals surface area contributed by atoms with Crippen molar-refractivity contribution in [1.29, 1.82) is 0 Å². The van der Waals surface area contributed by atoms with Gasteiger partial charge in [-0.15, -0.1) is 0 Å². The van der Waals surface area contributed by atoms with E-state index in [9.17, 15) is 9.90 Å². The average Bonchev–Trinajstić information content (AvgIpc) is 3.10. The highest BCUT2D eigenvalue weighted by atomic mass is 16.6. The monoisotopic (exact) mass is 411 g/mol. The topological polar surface area (TPSA) is 121 Å². The molecule has 1 aromatic rings. The second-order valence-corrected chi connectivity index (χ2v) is 6.41. The molecule has 2 rings (SSSR count). The molecule has 29 heavy (non-hydrogen) atoms. The maximum absolute atomic E-state index is 12.0. The van der Waals surface area contributed by atoms with E-state index in [1.165, 1.54) is 12.3 Å². The van der Waals surface area contributed by atoms with Crippen LogP contribution in [0.25, 0.3) is 0 Å². The van der Waals surface area contributed by atoms with Gasteiger partial charge in [-0.25, -0.2) is 14.8 Å². The molecular formula is C19H29N3O7. The van der Waals surface area contributed by atoms with Crippen molar-refractivity contribution in [3.05, 3.63) is 18.0 Å². The lowest BCUT2D eigenvalue weighted by Gasteiger charge is -2.16. The molecule has 0 saturated carbocycles. The molecule has 1 unspecified atom stereocenters. The van der Waals surface area contributed by atoms with Crippen LogP contribution in [0, 0.1) is 0 Å². The van der Waals surface area contributed by atoms with Crippen molar-refractivity contribution >= 4 is 11.8 Å². The highest BCUT2D eigenvalue weighted by Crippen LogP contribution is 2.25. The Hall–Kier alpha value is -2.43. The first kappa shape index (κ1) is 22.9. The fourth-order valence-corrected chi connectivity index (χ4v) is 2.50. The number of esters is 1. The number of hydrogen-bond acceptors (Lipinski definition) is 10. The van der Waals surface area contributed by atoms with E-state index in [0.717, 1.165) is 0 Å². The summed E-state index contributed by atoms with van der Waals surface area (Å²) in [5.41, 5.74) is -0.797. The van der Waals surface area contributed by atoms with Crippen LogP contribution in [0.4, 0.5) is 0 Å².